The molecule has 0 aliphatic rings. The monoisotopic (exact) mass is 465 g/mol. The normalized spacial score (nSPS) is 12.0. The van der Waals surface area contributed by atoms with Gasteiger partial charge in [-0.1, -0.05) is 72.7 Å². The second kappa shape index (κ2) is 11.3. The summed E-state index contributed by atoms with van der Waals surface area (Å²) in [6.45, 7) is 21.7. The van der Waals surface area contributed by atoms with E-state index >= 15 is 0 Å². The molecule has 0 fully saturated rings. The smallest absolute Gasteiger partial charge is 0.185 e. The molecule has 0 aliphatic carbocycles. The highest BCUT2D eigenvalue weighted by atomic mass is 16.5. The highest BCUT2D eigenvalue weighted by Crippen LogP contribution is 2.35. The zero-order valence-electron chi connectivity index (χ0n) is 23.1. The first-order chi connectivity index (χ1) is 15.7. The van der Waals surface area contributed by atoms with Crippen molar-refractivity contribution in [3.8, 4) is 5.75 Å². The number of unbranched alkanes of at least 4 members (excludes halogenated alkanes) is 1. The molecule has 0 radical (unpaired) electrons. The molecule has 188 valence electrons. The van der Waals surface area contributed by atoms with Gasteiger partial charge in [0.15, 0.2) is 5.96 Å². The SMILES string of the molecule is CCc1cc(C(C)(C)C)cc(Cc2cc(C(C)(C)C)cc(C)c2C)c1OCCCCN=C(N)N. The Hall–Kier alpha value is -2.49. The van der Waals surface area contributed by atoms with Gasteiger partial charge in [0.2, 0.25) is 0 Å². The van der Waals surface area contributed by atoms with Crippen LogP contribution in [0.4, 0.5) is 0 Å². The van der Waals surface area contributed by atoms with E-state index in [1.54, 1.807) is 0 Å². The summed E-state index contributed by atoms with van der Waals surface area (Å²) in [6, 6.07) is 9.45. The van der Waals surface area contributed by atoms with E-state index in [9.17, 15) is 0 Å². The molecule has 0 unspecified atom stereocenters. The van der Waals surface area contributed by atoms with Crippen LogP contribution >= 0.6 is 0 Å². The maximum atomic E-state index is 6.46. The average Bonchev–Trinajstić information content (AvgIpc) is 2.72. The fourth-order valence-electron chi connectivity index (χ4n) is 4.12. The number of nitrogens with zero attached hydrogens (tertiary/aromatic N) is 1. The van der Waals surface area contributed by atoms with Gasteiger partial charge in [-0.05, 0) is 82.9 Å². The largest absolute Gasteiger partial charge is 0.493 e. The lowest BCUT2D eigenvalue weighted by Crippen LogP contribution is -2.23. The number of guanidine groups is 1. The van der Waals surface area contributed by atoms with Gasteiger partial charge in [0, 0.05) is 13.0 Å². The molecule has 0 saturated carbocycles. The molecule has 0 amide bonds. The first-order valence-electron chi connectivity index (χ1n) is 12.7. The van der Waals surface area contributed by atoms with E-state index in [0.29, 0.717) is 13.2 Å². The zero-order chi connectivity index (χ0) is 25.7. The number of aliphatic imine (C=N–C) groups is 1. The van der Waals surface area contributed by atoms with Crippen molar-refractivity contribution in [2.75, 3.05) is 13.2 Å². The van der Waals surface area contributed by atoms with E-state index in [0.717, 1.165) is 31.4 Å². The molecule has 0 bridgehead atoms. The van der Waals surface area contributed by atoms with Gasteiger partial charge in [0.1, 0.15) is 5.75 Å². The fourth-order valence-corrected chi connectivity index (χ4v) is 4.12. The molecule has 0 spiro atoms. The van der Waals surface area contributed by atoms with Crippen LogP contribution in [0.2, 0.25) is 0 Å². The minimum atomic E-state index is 0.0789. The van der Waals surface area contributed by atoms with Crippen LogP contribution in [0.3, 0.4) is 0 Å². The molecule has 2 rings (SSSR count). The predicted octanol–water partition coefficient (Wildman–Crippen LogP) is 6.48. The Bertz CT molecular complexity index is 1000. The van der Waals surface area contributed by atoms with E-state index in [-0.39, 0.29) is 16.8 Å². The number of hydrogen-bond donors (Lipinski definition) is 2. The lowest BCUT2D eigenvalue weighted by atomic mass is 9.81. The number of hydrogen-bond acceptors (Lipinski definition) is 2. The highest BCUT2D eigenvalue weighted by Gasteiger charge is 2.21. The Labute approximate surface area is 208 Å². The van der Waals surface area contributed by atoms with Crippen molar-refractivity contribution in [1.82, 2.24) is 0 Å². The fraction of sp³-hybridized carbons (Fsp3) is 0.567. The number of nitrogens with two attached hydrogens (primary N) is 2. The maximum absolute atomic E-state index is 6.46. The van der Waals surface area contributed by atoms with Gasteiger partial charge in [-0.25, -0.2) is 0 Å². The van der Waals surface area contributed by atoms with Gasteiger partial charge in [-0.2, -0.15) is 0 Å². The third kappa shape index (κ3) is 7.51. The molecule has 34 heavy (non-hydrogen) atoms. The molecule has 2 aromatic carbocycles. The third-order valence-electron chi connectivity index (χ3n) is 6.60. The topological polar surface area (TPSA) is 73.6 Å². The van der Waals surface area contributed by atoms with E-state index in [1.807, 2.05) is 0 Å². The van der Waals surface area contributed by atoms with E-state index < -0.39 is 0 Å². The Balaban J connectivity index is 2.46. The summed E-state index contributed by atoms with van der Waals surface area (Å²) in [4.78, 5) is 4.08. The predicted molar refractivity (Wildman–Crippen MR) is 147 cm³/mol. The van der Waals surface area contributed by atoms with Crippen molar-refractivity contribution < 1.29 is 4.74 Å². The Morgan fingerprint density at radius 1 is 0.824 bits per heavy atom. The summed E-state index contributed by atoms with van der Waals surface area (Å²) >= 11 is 0. The minimum Gasteiger partial charge on any atom is -0.493 e. The molecule has 0 heterocycles. The van der Waals surface area contributed by atoms with Crippen molar-refractivity contribution in [2.45, 2.75) is 98.8 Å². The molecular weight excluding hydrogens is 418 g/mol. The minimum absolute atomic E-state index is 0.0789. The lowest BCUT2D eigenvalue weighted by molar-refractivity contribution is 0.302. The van der Waals surface area contributed by atoms with Crippen LogP contribution in [0.5, 0.6) is 5.75 Å². The van der Waals surface area contributed by atoms with Crippen LogP contribution < -0.4 is 16.2 Å². The molecule has 0 aromatic heterocycles. The van der Waals surface area contributed by atoms with Gasteiger partial charge in [-0.3, -0.25) is 4.99 Å². The van der Waals surface area contributed by atoms with Crippen LogP contribution in [-0.2, 0) is 23.7 Å². The Kier molecular flexibility index (Phi) is 9.22. The van der Waals surface area contributed by atoms with Gasteiger partial charge in [0.25, 0.3) is 0 Å². The average molecular weight is 466 g/mol. The molecule has 2 aromatic rings. The van der Waals surface area contributed by atoms with Crippen molar-refractivity contribution >= 4 is 5.96 Å². The van der Waals surface area contributed by atoms with E-state index in [2.05, 4.69) is 91.6 Å². The van der Waals surface area contributed by atoms with Gasteiger partial charge >= 0.3 is 0 Å². The quantitative estimate of drug-likeness (QED) is 0.253. The lowest BCUT2D eigenvalue weighted by Gasteiger charge is -2.26. The second-order valence-corrected chi connectivity index (χ2v) is 11.6. The number of aryl methyl sites for hydroxylation is 2. The molecule has 0 atom stereocenters. The van der Waals surface area contributed by atoms with Crippen molar-refractivity contribution in [3.63, 3.8) is 0 Å². The Morgan fingerprint density at radius 2 is 1.38 bits per heavy atom. The zero-order valence-corrected chi connectivity index (χ0v) is 23.1. The van der Waals surface area contributed by atoms with Crippen molar-refractivity contribution in [3.05, 3.63) is 63.2 Å². The van der Waals surface area contributed by atoms with E-state index in [4.69, 9.17) is 16.2 Å². The summed E-state index contributed by atoms with van der Waals surface area (Å²) < 4.78 is 6.46. The highest BCUT2D eigenvalue weighted by molar-refractivity contribution is 5.75. The first-order valence-corrected chi connectivity index (χ1v) is 12.7. The van der Waals surface area contributed by atoms with Crippen LogP contribution in [0.25, 0.3) is 0 Å². The first kappa shape index (κ1) is 27.8. The molecule has 4 nitrogen and oxygen atoms in total. The van der Waals surface area contributed by atoms with Crippen LogP contribution in [-0.4, -0.2) is 19.1 Å². The summed E-state index contributed by atoms with van der Waals surface area (Å²) in [5.74, 6) is 1.20. The molecule has 4 N–H and O–H groups in total. The molecular formula is C30H47N3O. The number of rotatable bonds is 9. The summed E-state index contributed by atoms with van der Waals surface area (Å²) in [5.41, 5.74) is 20.5. The van der Waals surface area contributed by atoms with E-state index in [1.165, 1.54) is 38.9 Å². The van der Waals surface area contributed by atoms with Gasteiger partial charge in [0.05, 0.1) is 6.61 Å². The maximum Gasteiger partial charge on any atom is 0.185 e. The number of ether oxygens (including phenoxy) is 1. The van der Waals surface area contributed by atoms with Crippen LogP contribution in [0.15, 0.2) is 29.3 Å². The summed E-state index contributed by atoms with van der Waals surface area (Å²) in [6.07, 6.45) is 3.63. The molecule has 0 saturated heterocycles. The second-order valence-electron chi connectivity index (χ2n) is 11.6. The van der Waals surface area contributed by atoms with Gasteiger partial charge < -0.3 is 16.2 Å². The van der Waals surface area contributed by atoms with Crippen molar-refractivity contribution in [2.24, 2.45) is 16.5 Å². The Morgan fingerprint density at radius 3 is 1.94 bits per heavy atom. The van der Waals surface area contributed by atoms with Gasteiger partial charge in [-0.15, -0.1) is 0 Å². The third-order valence-corrected chi connectivity index (χ3v) is 6.60. The molecule has 4 heteroatoms. The van der Waals surface area contributed by atoms with Crippen LogP contribution in [0.1, 0.15) is 100 Å². The standard InChI is InChI=1S/C30H47N3O/c1-10-22-17-26(30(7,8)9)19-24(27(22)34-14-12-11-13-33-28(31)32)16-23-18-25(29(4,5)6)15-20(2)21(23)3/h15,17-19H,10-14,16H2,1-9H3,(H4,31,32,33). The summed E-state index contributed by atoms with van der Waals surface area (Å²) in [7, 11) is 0. The molecule has 0 aliphatic heterocycles. The van der Waals surface area contributed by atoms with Crippen molar-refractivity contribution in [1.29, 1.82) is 0 Å². The van der Waals surface area contributed by atoms with Crippen LogP contribution in [0, 0.1) is 13.8 Å². The number of benzene rings is 2. The summed E-state index contributed by atoms with van der Waals surface area (Å²) in [5, 5.41) is 0.